The summed E-state index contributed by atoms with van der Waals surface area (Å²) in [6, 6.07) is 11.3. The molecule has 2 aromatic carbocycles. The second-order valence-corrected chi connectivity index (χ2v) is 4.17. The Morgan fingerprint density at radius 3 is 1.80 bits per heavy atom. The summed E-state index contributed by atoms with van der Waals surface area (Å²) in [6.45, 7) is 0. The van der Waals surface area contributed by atoms with Crippen molar-refractivity contribution in [2.75, 3.05) is 21.3 Å². The summed E-state index contributed by atoms with van der Waals surface area (Å²) < 4.78 is 16.0. The van der Waals surface area contributed by atoms with Crippen molar-refractivity contribution >= 4 is 6.21 Å². The van der Waals surface area contributed by atoms with E-state index < -0.39 is 0 Å². The largest absolute Gasteiger partial charge is 0.497 e. The molecule has 0 aromatic heterocycles. The van der Waals surface area contributed by atoms with E-state index in [0.717, 1.165) is 22.4 Å². The van der Waals surface area contributed by atoms with E-state index in [1.807, 2.05) is 36.4 Å². The lowest BCUT2D eigenvalue weighted by atomic mass is 10.0. The van der Waals surface area contributed by atoms with E-state index in [1.165, 1.54) is 6.21 Å². The highest BCUT2D eigenvalue weighted by atomic mass is 16.5. The third-order valence-corrected chi connectivity index (χ3v) is 3.07. The molecule has 104 valence electrons. The fraction of sp³-hybridized carbons (Fsp3) is 0.188. The van der Waals surface area contributed by atoms with Gasteiger partial charge in [-0.15, -0.1) is 0 Å². The summed E-state index contributed by atoms with van der Waals surface area (Å²) in [7, 11) is 4.85. The van der Waals surface area contributed by atoms with Gasteiger partial charge < -0.3 is 19.6 Å². The van der Waals surface area contributed by atoms with Crippen LogP contribution in [0.2, 0.25) is 0 Å². The van der Waals surface area contributed by atoms with Gasteiger partial charge in [-0.3, -0.25) is 0 Å². The Hall–Kier alpha value is -2.49. The Kier molecular flexibility index (Phi) is 4.25. The summed E-state index contributed by atoms with van der Waals surface area (Å²) in [6.07, 6.45) is 1.27. The van der Waals surface area contributed by atoms with Gasteiger partial charge in [-0.1, -0.05) is 12.1 Å². The molecule has 4 nitrogen and oxygen atoms in total. The topological polar surface area (TPSA) is 51.5 Å². The molecule has 0 radical (unpaired) electrons. The van der Waals surface area contributed by atoms with Crippen LogP contribution in [0.3, 0.4) is 0 Å². The maximum atomic E-state index is 7.36. The van der Waals surface area contributed by atoms with E-state index >= 15 is 0 Å². The number of hydrogen-bond acceptors (Lipinski definition) is 4. The first-order chi connectivity index (χ1) is 9.73. The molecule has 0 heterocycles. The molecule has 0 saturated carbocycles. The van der Waals surface area contributed by atoms with Crippen LogP contribution in [0.1, 0.15) is 5.56 Å². The molecule has 0 spiro atoms. The van der Waals surface area contributed by atoms with Crippen molar-refractivity contribution in [2.24, 2.45) is 0 Å². The van der Waals surface area contributed by atoms with Crippen LogP contribution in [-0.4, -0.2) is 27.5 Å². The van der Waals surface area contributed by atoms with Gasteiger partial charge >= 0.3 is 0 Å². The molecule has 0 aliphatic rings. The predicted molar refractivity (Wildman–Crippen MR) is 79.4 cm³/mol. The zero-order valence-electron chi connectivity index (χ0n) is 11.8. The molecule has 1 N–H and O–H groups in total. The molecule has 0 aliphatic heterocycles. The van der Waals surface area contributed by atoms with Crippen molar-refractivity contribution in [1.29, 1.82) is 5.41 Å². The van der Waals surface area contributed by atoms with E-state index in [4.69, 9.17) is 19.6 Å². The molecule has 2 rings (SSSR count). The summed E-state index contributed by atoms with van der Waals surface area (Å²) in [5, 5.41) is 7.36. The third kappa shape index (κ3) is 2.59. The lowest BCUT2D eigenvalue weighted by Gasteiger charge is -2.14. The Bertz CT molecular complexity index is 581. The zero-order valence-corrected chi connectivity index (χ0v) is 11.8. The van der Waals surface area contributed by atoms with E-state index in [1.54, 1.807) is 21.3 Å². The molecular weight excluding hydrogens is 254 g/mol. The normalized spacial score (nSPS) is 9.95. The van der Waals surface area contributed by atoms with Crippen molar-refractivity contribution in [3.05, 3.63) is 42.0 Å². The maximum absolute atomic E-state index is 7.36. The number of methoxy groups -OCH3 is 3. The van der Waals surface area contributed by atoms with Crippen LogP contribution < -0.4 is 14.2 Å². The fourth-order valence-corrected chi connectivity index (χ4v) is 2.06. The van der Waals surface area contributed by atoms with Crippen molar-refractivity contribution in [1.82, 2.24) is 0 Å². The standard InChI is InChI=1S/C16H17NO3/c1-18-13-6-4-12(5-7-13)16-14(19-2)8-11(10-17)9-15(16)20-3/h4-10,17H,1-3H3. The van der Waals surface area contributed by atoms with Crippen LogP contribution in [0, 0.1) is 5.41 Å². The minimum Gasteiger partial charge on any atom is -0.497 e. The quantitative estimate of drug-likeness (QED) is 0.848. The maximum Gasteiger partial charge on any atom is 0.131 e. The molecule has 0 aliphatic carbocycles. The first kappa shape index (κ1) is 13.9. The van der Waals surface area contributed by atoms with E-state index in [9.17, 15) is 0 Å². The molecule has 0 saturated heterocycles. The molecular formula is C16H17NO3. The van der Waals surface area contributed by atoms with Gasteiger partial charge in [0, 0.05) is 6.21 Å². The Labute approximate surface area is 118 Å². The van der Waals surface area contributed by atoms with Crippen LogP contribution in [-0.2, 0) is 0 Å². The predicted octanol–water partition coefficient (Wildman–Crippen LogP) is 3.38. The van der Waals surface area contributed by atoms with Crippen LogP contribution in [0.25, 0.3) is 11.1 Å². The van der Waals surface area contributed by atoms with Gasteiger partial charge in [0.05, 0.1) is 26.9 Å². The molecule has 20 heavy (non-hydrogen) atoms. The van der Waals surface area contributed by atoms with Gasteiger partial charge in [-0.05, 0) is 35.4 Å². The minimum atomic E-state index is 0.674. The molecule has 0 bridgehead atoms. The monoisotopic (exact) mass is 271 g/mol. The summed E-state index contributed by atoms with van der Waals surface area (Å²) >= 11 is 0. The third-order valence-electron chi connectivity index (χ3n) is 3.07. The second kappa shape index (κ2) is 6.10. The summed E-state index contributed by atoms with van der Waals surface area (Å²) in [5.41, 5.74) is 2.57. The average Bonchev–Trinajstić information content (AvgIpc) is 2.53. The molecule has 2 aromatic rings. The lowest BCUT2D eigenvalue weighted by Crippen LogP contribution is -1.95. The highest BCUT2D eigenvalue weighted by Crippen LogP contribution is 2.39. The first-order valence-corrected chi connectivity index (χ1v) is 6.14. The Balaban J connectivity index is 2.60. The summed E-state index contributed by atoms with van der Waals surface area (Å²) in [4.78, 5) is 0. The van der Waals surface area contributed by atoms with Gasteiger partial charge in [0.1, 0.15) is 17.2 Å². The van der Waals surface area contributed by atoms with E-state index in [0.29, 0.717) is 11.5 Å². The molecule has 0 amide bonds. The van der Waals surface area contributed by atoms with E-state index in [2.05, 4.69) is 0 Å². The summed E-state index contributed by atoms with van der Waals surface area (Å²) in [5.74, 6) is 2.14. The lowest BCUT2D eigenvalue weighted by molar-refractivity contribution is 0.397. The van der Waals surface area contributed by atoms with Crippen molar-refractivity contribution < 1.29 is 14.2 Å². The van der Waals surface area contributed by atoms with Crippen molar-refractivity contribution in [3.8, 4) is 28.4 Å². The number of ether oxygens (including phenoxy) is 3. The zero-order chi connectivity index (χ0) is 14.5. The number of nitrogens with one attached hydrogen (secondary N) is 1. The first-order valence-electron chi connectivity index (χ1n) is 6.14. The van der Waals surface area contributed by atoms with Gasteiger partial charge in [0.25, 0.3) is 0 Å². The number of benzene rings is 2. The van der Waals surface area contributed by atoms with Crippen molar-refractivity contribution in [3.63, 3.8) is 0 Å². The average molecular weight is 271 g/mol. The Morgan fingerprint density at radius 2 is 1.40 bits per heavy atom. The molecule has 0 fully saturated rings. The SMILES string of the molecule is COc1ccc(-c2c(OC)cc(C=N)cc2OC)cc1. The number of rotatable bonds is 5. The smallest absolute Gasteiger partial charge is 0.131 e. The van der Waals surface area contributed by atoms with Crippen LogP contribution in [0.4, 0.5) is 0 Å². The highest BCUT2D eigenvalue weighted by molar-refractivity contribution is 5.85. The molecule has 0 unspecified atom stereocenters. The van der Waals surface area contributed by atoms with Crippen LogP contribution in [0.5, 0.6) is 17.2 Å². The minimum absolute atomic E-state index is 0.674. The Morgan fingerprint density at radius 1 is 0.850 bits per heavy atom. The van der Waals surface area contributed by atoms with Gasteiger partial charge in [0.15, 0.2) is 0 Å². The van der Waals surface area contributed by atoms with Crippen LogP contribution in [0.15, 0.2) is 36.4 Å². The molecule has 0 atom stereocenters. The van der Waals surface area contributed by atoms with Crippen LogP contribution >= 0.6 is 0 Å². The molecule has 4 heteroatoms. The van der Waals surface area contributed by atoms with Gasteiger partial charge in [0.2, 0.25) is 0 Å². The second-order valence-electron chi connectivity index (χ2n) is 4.17. The van der Waals surface area contributed by atoms with Gasteiger partial charge in [-0.2, -0.15) is 0 Å². The highest BCUT2D eigenvalue weighted by Gasteiger charge is 2.14. The fourth-order valence-electron chi connectivity index (χ4n) is 2.06. The number of hydrogen-bond donors (Lipinski definition) is 1. The van der Waals surface area contributed by atoms with Crippen molar-refractivity contribution in [2.45, 2.75) is 0 Å². The van der Waals surface area contributed by atoms with Gasteiger partial charge in [-0.25, -0.2) is 0 Å². The van der Waals surface area contributed by atoms with E-state index in [-0.39, 0.29) is 0 Å².